The van der Waals surface area contributed by atoms with Gasteiger partial charge in [-0.25, -0.2) is 0 Å². The molecule has 0 spiro atoms. The standard InChI is InChI=1S/C18H23N3/c1-14-10-11-20(2)17-8-3-4-9-18(17)21(14)13-15-6-5-7-16(19)12-15/h3-9,12,14H,10-11,13,19H2,1-2H3. The zero-order valence-corrected chi connectivity index (χ0v) is 12.8. The van der Waals surface area contributed by atoms with Gasteiger partial charge in [-0.1, -0.05) is 24.3 Å². The first-order valence-corrected chi connectivity index (χ1v) is 7.56. The van der Waals surface area contributed by atoms with Gasteiger partial charge in [-0.05, 0) is 43.2 Å². The van der Waals surface area contributed by atoms with Crippen LogP contribution in [-0.4, -0.2) is 19.6 Å². The molecule has 2 N–H and O–H groups in total. The van der Waals surface area contributed by atoms with Crippen LogP contribution in [0.15, 0.2) is 48.5 Å². The fourth-order valence-electron chi connectivity index (χ4n) is 3.05. The van der Waals surface area contributed by atoms with E-state index in [0.717, 1.165) is 25.2 Å². The number of hydrogen-bond acceptors (Lipinski definition) is 3. The minimum absolute atomic E-state index is 0.512. The zero-order valence-electron chi connectivity index (χ0n) is 12.8. The van der Waals surface area contributed by atoms with Crippen molar-refractivity contribution in [3.05, 3.63) is 54.1 Å². The molecule has 0 aliphatic carbocycles. The normalized spacial score (nSPS) is 18.3. The van der Waals surface area contributed by atoms with Gasteiger partial charge in [0, 0.05) is 31.9 Å². The lowest BCUT2D eigenvalue weighted by Crippen LogP contribution is -2.32. The van der Waals surface area contributed by atoms with E-state index in [0.29, 0.717) is 6.04 Å². The van der Waals surface area contributed by atoms with Crippen molar-refractivity contribution in [3.63, 3.8) is 0 Å². The molecule has 2 aromatic rings. The Morgan fingerprint density at radius 2 is 1.86 bits per heavy atom. The van der Waals surface area contributed by atoms with Crippen molar-refractivity contribution in [1.29, 1.82) is 0 Å². The molecule has 1 atom stereocenters. The Balaban J connectivity index is 1.97. The molecule has 2 aromatic carbocycles. The quantitative estimate of drug-likeness (QED) is 0.855. The van der Waals surface area contributed by atoms with Gasteiger partial charge in [0.2, 0.25) is 0 Å². The van der Waals surface area contributed by atoms with Crippen molar-refractivity contribution >= 4 is 17.1 Å². The number of benzene rings is 2. The topological polar surface area (TPSA) is 32.5 Å². The second kappa shape index (κ2) is 5.68. The van der Waals surface area contributed by atoms with Crippen LogP contribution in [0.5, 0.6) is 0 Å². The van der Waals surface area contributed by atoms with E-state index in [1.54, 1.807) is 0 Å². The number of hydrogen-bond donors (Lipinski definition) is 1. The smallest absolute Gasteiger partial charge is 0.0609 e. The maximum absolute atomic E-state index is 5.92. The molecule has 0 radical (unpaired) electrons. The van der Waals surface area contributed by atoms with E-state index in [-0.39, 0.29) is 0 Å². The highest BCUT2D eigenvalue weighted by Gasteiger charge is 2.23. The Kier molecular flexibility index (Phi) is 3.74. The largest absolute Gasteiger partial charge is 0.399 e. The number of para-hydroxylation sites is 2. The number of nitrogens with two attached hydrogens (primary N) is 1. The van der Waals surface area contributed by atoms with Crippen molar-refractivity contribution < 1.29 is 0 Å². The van der Waals surface area contributed by atoms with Crippen LogP contribution in [0.25, 0.3) is 0 Å². The first-order valence-electron chi connectivity index (χ1n) is 7.56. The summed E-state index contributed by atoms with van der Waals surface area (Å²) in [6.07, 6.45) is 1.16. The van der Waals surface area contributed by atoms with Crippen LogP contribution in [0.3, 0.4) is 0 Å². The molecule has 3 nitrogen and oxygen atoms in total. The summed E-state index contributed by atoms with van der Waals surface area (Å²) in [6.45, 7) is 4.30. The fourth-order valence-corrected chi connectivity index (χ4v) is 3.05. The Morgan fingerprint density at radius 3 is 2.62 bits per heavy atom. The average Bonchev–Trinajstić information content (AvgIpc) is 2.60. The maximum Gasteiger partial charge on any atom is 0.0609 e. The first kappa shape index (κ1) is 13.8. The van der Waals surface area contributed by atoms with Gasteiger partial charge in [-0.2, -0.15) is 0 Å². The molecule has 3 heteroatoms. The van der Waals surface area contributed by atoms with Gasteiger partial charge in [-0.15, -0.1) is 0 Å². The summed E-state index contributed by atoms with van der Waals surface area (Å²) >= 11 is 0. The molecule has 0 bridgehead atoms. The van der Waals surface area contributed by atoms with Crippen LogP contribution in [-0.2, 0) is 6.54 Å². The van der Waals surface area contributed by atoms with Crippen molar-refractivity contribution in [3.8, 4) is 0 Å². The summed E-state index contributed by atoms with van der Waals surface area (Å²) in [7, 11) is 2.18. The first-order chi connectivity index (χ1) is 10.1. The highest BCUT2D eigenvalue weighted by Crippen LogP contribution is 2.34. The molecule has 21 heavy (non-hydrogen) atoms. The lowest BCUT2D eigenvalue weighted by atomic mass is 10.1. The second-order valence-electron chi connectivity index (χ2n) is 5.92. The Hall–Kier alpha value is -2.16. The molecule has 1 aliphatic rings. The van der Waals surface area contributed by atoms with Gasteiger partial charge in [-0.3, -0.25) is 0 Å². The summed E-state index contributed by atoms with van der Waals surface area (Å²) in [5, 5.41) is 0. The van der Waals surface area contributed by atoms with E-state index in [1.165, 1.54) is 16.9 Å². The third-order valence-corrected chi connectivity index (χ3v) is 4.32. The lowest BCUT2D eigenvalue weighted by Gasteiger charge is -2.30. The van der Waals surface area contributed by atoms with Gasteiger partial charge in [0.05, 0.1) is 11.4 Å². The third-order valence-electron chi connectivity index (χ3n) is 4.32. The molecule has 0 saturated heterocycles. The minimum atomic E-state index is 0.512. The van der Waals surface area contributed by atoms with Crippen molar-refractivity contribution in [2.45, 2.75) is 25.9 Å². The van der Waals surface area contributed by atoms with Crippen LogP contribution in [0.1, 0.15) is 18.9 Å². The maximum atomic E-state index is 5.92. The number of nitrogen functional groups attached to an aromatic ring is 1. The van der Waals surface area contributed by atoms with Crippen molar-refractivity contribution in [2.75, 3.05) is 29.1 Å². The second-order valence-corrected chi connectivity index (χ2v) is 5.92. The van der Waals surface area contributed by atoms with Gasteiger partial charge in [0.1, 0.15) is 0 Å². The van der Waals surface area contributed by atoms with Crippen molar-refractivity contribution in [2.24, 2.45) is 0 Å². The Bertz CT molecular complexity index is 623. The van der Waals surface area contributed by atoms with Gasteiger partial charge in [0.25, 0.3) is 0 Å². The van der Waals surface area contributed by atoms with Gasteiger partial charge < -0.3 is 15.5 Å². The number of rotatable bonds is 2. The van der Waals surface area contributed by atoms with E-state index in [2.05, 4.69) is 60.2 Å². The Labute approximate surface area is 127 Å². The SMILES string of the molecule is CC1CCN(C)c2ccccc2N1Cc1cccc(N)c1. The molecule has 0 saturated carbocycles. The monoisotopic (exact) mass is 281 g/mol. The molecular formula is C18H23N3. The molecular weight excluding hydrogens is 258 g/mol. The summed E-state index contributed by atoms with van der Waals surface area (Å²) in [5.74, 6) is 0. The summed E-state index contributed by atoms with van der Waals surface area (Å²) in [5.41, 5.74) is 10.6. The van der Waals surface area contributed by atoms with Crippen LogP contribution in [0, 0.1) is 0 Å². The highest BCUT2D eigenvalue weighted by atomic mass is 15.2. The molecule has 0 aromatic heterocycles. The lowest BCUT2D eigenvalue weighted by molar-refractivity contribution is 0.601. The molecule has 1 aliphatic heterocycles. The summed E-state index contributed by atoms with van der Waals surface area (Å²) in [4.78, 5) is 4.85. The molecule has 0 fully saturated rings. The van der Waals surface area contributed by atoms with Gasteiger partial charge >= 0.3 is 0 Å². The molecule has 110 valence electrons. The van der Waals surface area contributed by atoms with E-state index in [4.69, 9.17) is 5.73 Å². The van der Waals surface area contributed by atoms with E-state index in [1.807, 2.05) is 12.1 Å². The third kappa shape index (κ3) is 2.82. The number of nitrogens with zero attached hydrogens (tertiary/aromatic N) is 2. The van der Waals surface area contributed by atoms with Crippen LogP contribution in [0.2, 0.25) is 0 Å². The molecule has 1 heterocycles. The van der Waals surface area contributed by atoms with Crippen LogP contribution >= 0.6 is 0 Å². The number of anilines is 3. The zero-order chi connectivity index (χ0) is 14.8. The predicted molar refractivity (Wildman–Crippen MR) is 90.8 cm³/mol. The highest BCUT2D eigenvalue weighted by molar-refractivity contribution is 5.72. The molecule has 0 amide bonds. The fraction of sp³-hybridized carbons (Fsp3) is 0.333. The Morgan fingerprint density at radius 1 is 1.10 bits per heavy atom. The molecule has 3 rings (SSSR count). The van der Waals surface area contributed by atoms with Crippen LogP contribution < -0.4 is 15.5 Å². The van der Waals surface area contributed by atoms with Crippen molar-refractivity contribution in [1.82, 2.24) is 0 Å². The molecule has 1 unspecified atom stereocenters. The summed E-state index contributed by atoms with van der Waals surface area (Å²) < 4.78 is 0. The minimum Gasteiger partial charge on any atom is -0.399 e. The van der Waals surface area contributed by atoms with E-state index < -0.39 is 0 Å². The van der Waals surface area contributed by atoms with Gasteiger partial charge in [0.15, 0.2) is 0 Å². The predicted octanol–water partition coefficient (Wildman–Crippen LogP) is 3.50. The van der Waals surface area contributed by atoms with Crippen LogP contribution in [0.4, 0.5) is 17.1 Å². The average molecular weight is 281 g/mol. The summed E-state index contributed by atoms with van der Waals surface area (Å²) in [6, 6.07) is 17.4. The van der Waals surface area contributed by atoms with E-state index >= 15 is 0 Å². The van der Waals surface area contributed by atoms with E-state index in [9.17, 15) is 0 Å². The number of fused-ring (bicyclic) bond motifs is 1.